The maximum absolute atomic E-state index is 5.67. The fourth-order valence-electron chi connectivity index (χ4n) is 1.97. The van der Waals surface area contributed by atoms with Crippen molar-refractivity contribution >= 4 is 16.5 Å². The maximum atomic E-state index is 5.67. The van der Waals surface area contributed by atoms with E-state index >= 15 is 0 Å². The Kier molecular flexibility index (Phi) is 5.00. The molecule has 112 valence electrons. The smallest absolute Gasteiger partial charge is 0.205 e. The topological polar surface area (TPSA) is 47.0 Å². The second kappa shape index (κ2) is 7.56. The number of aromatic nitrogens is 2. The first kappa shape index (κ1) is 14.5. The van der Waals surface area contributed by atoms with E-state index in [0.717, 1.165) is 28.9 Å². The average molecular weight is 311 g/mol. The van der Waals surface area contributed by atoms with Crippen LogP contribution in [0.5, 0.6) is 5.75 Å². The molecule has 4 nitrogen and oxygen atoms in total. The molecule has 0 atom stereocenters. The largest absolute Gasteiger partial charge is 0.493 e. The summed E-state index contributed by atoms with van der Waals surface area (Å²) in [7, 11) is 0. The highest BCUT2D eigenvalue weighted by atomic mass is 32.1. The lowest BCUT2D eigenvalue weighted by atomic mass is 10.2. The predicted molar refractivity (Wildman–Crippen MR) is 89.3 cm³/mol. The lowest BCUT2D eigenvalue weighted by Crippen LogP contribution is -2.00. The Balaban J connectivity index is 1.45. The SMILES string of the molecule is c1ccc(CNc2nnc(CCOc3ccccc3)s2)cc1. The number of nitrogens with zero attached hydrogens (tertiary/aromatic N) is 2. The van der Waals surface area contributed by atoms with E-state index in [1.165, 1.54) is 5.56 Å². The van der Waals surface area contributed by atoms with Crippen molar-refractivity contribution in [2.24, 2.45) is 0 Å². The predicted octanol–water partition coefficient (Wildman–Crippen LogP) is 3.77. The maximum Gasteiger partial charge on any atom is 0.205 e. The van der Waals surface area contributed by atoms with E-state index in [2.05, 4.69) is 27.6 Å². The van der Waals surface area contributed by atoms with E-state index < -0.39 is 0 Å². The third-order valence-electron chi connectivity index (χ3n) is 3.08. The number of para-hydroxylation sites is 1. The van der Waals surface area contributed by atoms with E-state index in [1.54, 1.807) is 11.3 Å². The summed E-state index contributed by atoms with van der Waals surface area (Å²) in [5.74, 6) is 0.884. The van der Waals surface area contributed by atoms with Crippen LogP contribution in [0.1, 0.15) is 10.6 Å². The van der Waals surface area contributed by atoms with Crippen LogP contribution in [0.15, 0.2) is 60.7 Å². The molecular weight excluding hydrogens is 294 g/mol. The molecule has 3 aromatic rings. The zero-order valence-corrected chi connectivity index (χ0v) is 12.9. The van der Waals surface area contributed by atoms with Gasteiger partial charge in [-0.1, -0.05) is 59.9 Å². The molecule has 0 spiro atoms. The van der Waals surface area contributed by atoms with Gasteiger partial charge in [0.1, 0.15) is 10.8 Å². The van der Waals surface area contributed by atoms with Crippen molar-refractivity contribution in [3.63, 3.8) is 0 Å². The molecule has 1 N–H and O–H groups in total. The normalized spacial score (nSPS) is 10.4. The van der Waals surface area contributed by atoms with Gasteiger partial charge in [-0.05, 0) is 17.7 Å². The molecule has 0 radical (unpaired) electrons. The van der Waals surface area contributed by atoms with Crippen LogP contribution in [0.3, 0.4) is 0 Å². The minimum atomic E-state index is 0.608. The molecule has 0 fully saturated rings. The Labute approximate surface area is 133 Å². The molecular formula is C17H17N3OS. The van der Waals surface area contributed by atoms with Crippen LogP contribution in [0.25, 0.3) is 0 Å². The zero-order valence-electron chi connectivity index (χ0n) is 12.1. The Bertz CT molecular complexity index is 685. The van der Waals surface area contributed by atoms with Crippen LogP contribution in [-0.2, 0) is 13.0 Å². The lowest BCUT2D eigenvalue weighted by molar-refractivity contribution is 0.321. The minimum absolute atomic E-state index is 0.608. The van der Waals surface area contributed by atoms with E-state index in [-0.39, 0.29) is 0 Å². The molecule has 1 heterocycles. The van der Waals surface area contributed by atoms with E-state index in [9.17, 15) is 0 Å². The summed E-state index contributed by atoms with van der Waals surface area (Å²) in [6, 6.07) is 20.1. The van der Waals surface area contributed by atoms with Gasteiger partial charge in [0.2, 0.25) is 5.13 Å². The molecule has 22 heavy (non-hydrogen) atoms. The summed E-state index contributed by atoms with van der Waals surface area (Å²) >= 11 is 1.57. The van der Waals surface area contributed by atoms with Gasteiger partial charge in [0, 0.05) is 13.0 Å². The Hall–Kier alpha value is -2.40. The van der Waals surface area contributed by atoms with Gasteiger partial charge in [0.05, 0.1) is 6.61 Å². The Morgan fingerprint density at radius 2 is 1.64 bits per heavy atom. The monoisotopic (exact) mass is 311 g/mol. The van der Waals surface area contributed by atoms with Crippen molar-refractivity contribution in [1.29, 1.82) is 0 Å². The van der Waals surface area contributed by atoms with Crippen molar-refractivity contribution < 1.29 is 4.74 Å². The lowest BCUT2D eigenvalue weighted by Gasteiger charge is -2.03. The number of anilines is 1. The molecule has 0 aliphatic rings. The fraction of sp³-hybridized carbons (Fsp3) is 0.176. The van der Waals surface area contributed by atoms with Gasteiger partial charge in [-0.2, -0.15) is 0 Å². The van der Waals surface area contributed by atoms with Gasteiger partial charge < -0.3 is 10.1 Å². The molecule has 0 saturated heterocycles. The number of rotatable bonds is 7. The third-order valence-corrected chi connectivity index (χ3v) is 4.02. The highest BCUT2D eigenvalue weighted by molar-refractivity contribution is 7.15. The van der Waals surface area contributed by atoms with Crippen LogP contribution in [0.2, 0.25) is 0 Å². The quantitative estimate of drug-likeness (QED) is 0.721. The van der Waals surface area contributed by atoms with Crippen LogP contribution in [0, 0.1) is 0 Å². The average Bonchev–Trinajstić information content (AvgIpc) is 3.03. The number of nitrogens with one attached hydrogen (secondary N) is 1. The number of hydrogen-bond donors (Lipinski definition) is 1. The van der Waals surface area contributed by atoms with E-state index in [4.69, 9.17) is 4.74 Å². The van der Waals surface area contributed by atoms with E-state index in [1.807, 2.05) is 48.5 Å². The first-order valence-electron chi connectivity index (χ1n) is 7.18. The molecule has 0 aliphatic heterocycles. The van der Waals surface area contributed by atoms with Crippen molar-refractivity contribution in [2.45, 2.75) is 13.0 Å². The van der Waals surface area contributed by atoms with Gasteiger partial charge in [-0.3, -0.25) is 0 Å². The first-order chi connectivity index (χ1) is 10.9. The second-order valence-corrected chi connectivity index (χ2v) is 5.81. The van der Waals surface area contributed by atoms with Crippen molar-refractivity contribution in [3.8, 4) is 5.75 Å². The van der Waals surface area contributed by atoms with Crippen molar-refractivity contribution in [3.05, 3.63) is 71.2 Å². The molecule has 3 rings (SSSR count). The summed E-state index contributed by atoms with van der Waals surface area (Å²) in [5.41, 5.74) is 1.23. The molecule has 0 amide bonds. The van der Waals surface area contributed by atoms with Crippen molar-refractivity contribution in [2.75, 3.05) is 11.9 Å². The standard InChI is InChI=1S/C17H17N3OS/c1-3-7-14(8-4-1)13-18-17-20-19-16(22-17)11-12-21-15-9-5-2-6-10-15/h1-10H,11-13H2,(H,18,20). The van der Waals surface area contributed by atoms with Crippen LogP contribution in [0.4, 0.5) is 5.13 Å². The van der Waals surface area contributed by atoms with Gasteiger partial charge >= 0.3 is 0 Å². The molecule has 0 unspecified atom stereocenters. The highest BCUT2D eigenvalue weighted by Crippen LogP contribution is 2.17. The zero-order chi connectivity index (χ0) is 15.0. The first-order valence-corrected chi connectivity index (χ1v) is 8.00. The van der Waals surface area contributed by atoms with E-state index in [0.29, 0.717) is 6.61 Å². The molecule has 0 bridgehead atoms. The van der Waals surface area contributed by atoms with Crippen LogP contribution >= 0.6 is 11.3 Å². The Morgan fingerprint density at radius 3 is 2.41 bits per heavy atom. The minimum Gasteiger partial charge on any atom is -0.493 e. The summed E-state index contributed by atoms with van der Waals surface area (Å²) in [4.78, 5) is 0. The molecule has 0 saturated carbocycles. The highest BCUT2D eigenvalue weighted by Gasteiger charge is 2.04. The number of benzene rings is 2. The third kappa shape index (κ3) is 4.30. The van der Waals surface area contributed by atoms with Gasteiger partial charge in [0.25, 0.3) is 0 Å². The summed E-state index contributed by atoms with van der Waals surface area (Å²) in [5, 5.41) is 13.5. The van der Waals surface area contributed by atoms with Crippen molar-refractivity contribution in [1.82, 2.24) is 10.2 Å². The van der Waals surface area contributed by atoms with Gasteiger partial charge in [-0.15, -0.1) is 10.2 Å². The summed E-state index contributed by atoms with van der Waals surface area (Å²) in [6.45, 7) is 1.37. The molecule has 2 aromatic carbocycles. The number of ether oxygens (including phenoxy) is 1. The Morgan fingerprint density at radius 1 is 0.909 bits per heavy atom. The van der Waals surface area contributed by atoms with Gasteiger partial charge in [-0.25, -0.2) is 0 Å². The molecule has 0 aliphatic carbocycles. The van der Waals surface area contributed by atoms with Gasteiger partial charge in [0.15, 0.2) is 0 Å². The van der Waals surface area contributed by atoms with Crippen LogP contribution in [-0.4, -0.2) is 16.8 Å². The van der Waals surface area contributed by atoms with Crippen LogP contribution < -0.4 is 10.1 Å². The molecule has 5 heteroatoms. The second-order valence-electron chi connectivity index (χ2n) is 4.75. The number of hydrogen-bond acceptors (Lipinski definition) is 5. The summed E-state index contributed by atoms with van der Waals surface area (Å²) < 4.78 is 5.67. The molecule has 1 aromatic heterocycles. The fourth-order valence-corrected chi connectivity index (χ4v) is 2.69. The summed E-state index contributed by atoms with van der Waals surface area (Å²) in [6.07, 6.45) is 0.763.